The molecular weight excluding hydrogens is 294 g/mol. The fraction of sp³-hybridized carbons (Fsp3) is 0.375. The van der Waals surface area contributed by atoms with Gasteiger partial charge in [0.05, 0.1) is 25.0 Å². The molecule has 1 fully saturated rings. The molecule has 120 valence electrons. The lowest BCUT2D eigenvalue weighted by molar-refractivity contribution is -0.131. The molecule has 2 heterocycles. The van der Waals surface area contributed by atoms with Gasteiger partial charge in [0.25, 0.3) is 5.91 Å². The highest BCUT2D eigenvalue weighted by Gasteiger charge is 2.24. The van der Waals surface area contributed by atoms with Crippen LogP contribution in [0.4, 0.5) is 0 Å². The molecule has 0 unspecified atom stereocenters. The Hall–Kier alpha value is -2.70. The van der Waals surface area contributed by atoms with E-state index >= 15 is 0 Å². The van der Waals surface area contributed by atoms with Gasteiger partial charge >= 0.3 is 0 Å². The molecule has 0 saturated carbocycles. The molecule has 0 radical (unpaired) electrons. The maximum Gasteiger partial charge on any atom is 0.251 e. The molecule has 23 heavy (non-hydrogen) atoms. The molecule has 1 N–H and O–H groups in total. The van der Waals surface area contributed by atoms with Gasteiger partial charge in [-0.2, -0.15) is 15.0 Å². The van der Waals surface area contributed by atoms with Gasteiger partial charge in [-0.3, -0.25) is 9.59 Å². The van der Waals surface area contributed by atoms with Crippen molar-refractivity contribution in [3.8, 4) is 0 Å². The summed E-state index contributed by atoms with van der Waals surface area (Å²) < 4.78 is 0. The highest BCUT2D eigenvalue weighted by Crippen LogP contribution is 2.20. The average molecular weight is 313 g/mol. The van der Waals surface area contributed by atoms with E-state index in [2.05, 4.69) is 15.5 Å². The zero-order valence-corrected chi connectivity index (χ0v) is 12.8. The molecule has 2 amide bonds. The molecule has 1 saturated heterocycles. The highest BCUT2D eigenvalue weighted by atomic mass is 16.2. The van der Waals surface area contributed by atoms with Crippen LogP contribution in [0, 0.1) is 0 Å². The van der Waals surface area contributed by atoms with Crippen LogP contribution in [0.15, 0.2) is 42.7 Å². The quantitative estimate of drug-likeness (QED) is 0.908. The van der Waals surface area contributed by atoms with E-state index in [4.69, 9.17) is 0 Å². The molecule has 1 aromatic heterocycles. The molecule has 3 rings (SSSR count). The van der Waals surface area contributed by atoms with Crippen LogP contribution in [0.3, 0.4) is 0 Å². The van der Waals surface area contributed by atoms with E-state index < -0.39 is 0 Å². The number of amides is 2. The molecule has 2 aromatic rings. The smallest absolute Gasteiger partial charge is 0.251 e. The first-order chi connectivity index (χ1) is 11.2. The Morgan fingerprint density at radius 2 is 1.74 bits per heavy atom. The molecular formula is C16H19N5O2. The molecule has 1 aromatic carbocycles. The third kappa shape index (κ3) is 3.74. The van der Waals surface area contributed by atoms with Crippen LogP contribution < -0.4 is 5.32 Å². The van der Waals surface area contributed by atoms with Crippen LogP contribution in [-0.4, -0.2) is 51.3 Å². The Balaban J connectivity index is 1.45. The van der Waals surface area contributed by atoms with Crippen molar-refractivity contribution in [2.75, 3.05) is 19.6 Å². The second-order valence-electron chi connectivity index (χ2n) is 5.51. The van der Waals surface area contributed by atoms with Gasteiger partial charge in [0.1, 0.15) is 0 Å². The fourth-order valence-electron chi connectivity index (χ4n) is 2.72. The minimum atomic E-state index is -0.227. The zero-order chi connectivity index (χ0) is 16.1. The number of nitrogens with one attached hydrogen (secondary N) is 1. The second-order valence-corrected chi connectivity index (χ2v) is 5.51. The van der Waals surface area contributed by atoms with Gasteiger partial charge in [0.15, 0.2) is 0 Å². The summed E-state index contributed by atoms with van der Waals surface area (Å²) in [5, 5.41) is 11.0. The maximum absolute atomic E-state index is 12.2. The lowest BCUT2D eigenvalue weighted by Crippen LogP contribution is -2.44. The van der Waals surface area contributed by atoms with Crippen molar-refractivity contribution in [3.05, 3.63) is 48.3 Å². The largest absolute Gasteiger partial charge is 0.343 e. The summed E-state index contributed by atoms with van der Waals surface area (Å²) >= 11 is 0. The number of carbonyl (C=O) groups excluding carboxylic acids is 2. The number of likely N-dealkylation sites (tertiary alicyclic amines) is 1. The summed E-state index contributed by atoms with van der Waals surface area (Å²) in [5.74, 6) is -0.282. The Labute approximate surface area is 134 Å². The second kappa shape index (κ2) is 7.04. The van der Waals surface area contributed by atoms with Crippen LogP contribution in [0.2, 0.25) is 0 Å². The number of hydrogen-bond donors (Lipinski definition) is 1. The van der Waals surface area contributed by atoms with Crippen molar-refractivity contribution in [1.82, 2.24) is 25.2 Å². The number of benzene rings is 1. The molecule has 7 nitrogen and oxygen atoms in total. The summed E-state index contributed by atoms with van der Waals surface area (Å²) in [7, 11) is 0. The molecule has 7 heteroatoms. The lowest BCUT2D eigenvalue weighted by atomic mass is 10.1. The predicted molar refractivity (Wildman–Crippen MR) is 83.6 cm³/mol. The fourth-order valence-corrected chi connectivity index (χ4v) is 2.72. The van der Waals surface area contributed by atoms with E-state index in [1.807, 2.05) is 6.07 Å². The van der Waals surface area contributed by atoms with Crippen LogP contribution in [0.25, 0.3) is 0 Å². The van der Waals surface area contributed by atoms with Crippen molar-refractivity contribution in [3.63, 3.8) is 0 Å². The van der Waals surface area contributed by atoms with Gasteiger partial charge in [0.2, 0.25) is 5.91 Å². The number of piperidine rings is 1. The van der Waals surface area contributed by atoms with Crippen molar-refractivity contribution in [1.29, 1.82) is 0 Å². The van der Waals surface area contributed by atoms with E-state index in [9.17, 15) is 9.59 Å². The van der Waals surface area contributed by atoms with E-state index in [1.165, 1.54) is 0 Å². The summed E-state index contributed by atoms with van der Waals surface area (Å²) in [6, 6.07) is 9.13. The van der Waals surface area contributed by atoms with Gasteiger partial charge in [-0.1, -0.05) is 18.2 Å². The van der Waals surface area contributed by atoms with Crippen molar-refractivity contribution >= 4 is 11.8 Å². The van der Waals surface area contributed by atoms with E-state index in [1.54, 1.807) is 46.4 Å². The highest BCUT2D eigenvalue weighted by molar-refractivity contribution is 5.96. The molecule has 0 atom stereocenters. The third-order valence-corrected chi connectivity index (χ3v) is 4.02. The molecule has 0 aliphatic carbocycles. The Bertz CT molecular complexity index is 648. The van der Waals surface area contributed by atoms with Gasteiger partial charge in [-0.05, 0) is 25.0 Å². The first kappa shape index (κ1) is 15.2. The molecule has 0 bridgehead atoms. The Morgan fingerprint density at radius 1 is 1.09 bits per heavy atom. The normalized spacial score (nSPS) is 15.4. The SMILES string of the molecule is O=C(NCC(=O)N1CCC(n2nccn2)CC1)c1ccccc1. The summed E-state index contributed by atoms with van der Waals surface area (Å²) in [6.07, 6.45) is 4.98. The summed E-state index contributed by atoms with van der Waals surface area (Å²) in [6.45, 7) is 1.34. The zero-order valence-electron chi connectivity index (χ0n) is 12.8. The van der Waals surface area contributed by atoms with Crippen LogP contribution in [0.5, 0.6) is 0 Å². The number of carbonyl (C=O) groups is 2. The predicted octanol–water partition coefficient (Wildman–Crippen LogP) is 0.872. The maximum atomic E-state index is 12.2. The minimum absolute atomic E-state index is 0.0262. The van der Waals surface area contributed by atoms with Crippen LogP contribution >= 0.6 is 0 Å². The molecule has 1 aliphatic heterocycles. The number of hydrogen-bond acceptors (Lipinski definition) is 4. The summed E-state index contributed by atoms with van der Waals surface area (Å²) in [4.78, 5) is 27.6. The monoisotopic (exact) mass is 313 g/mol. The molecule has 1 aliphatic rings. The van der Waals surface area contributed by atoms with Crippen molar-refractivity contribution < 1.29 is 9.59 Å². The Morgan fingerprint density at radius 3 is 2.39 bits per heavy atom. The number of nitrogens with zero attached hydrogens (tertiary/aromatic N) is 4. The average Bonchev–Trinajstić information content (AvgIpc) is 3.15. The van der Waals surface area contributed by atoms with Gasteiger partial charge in [-0.15, -0.1) is 0 Å². The number of aromatic nitrogens is 3. The molecule has 0 spiro atoms. The standard InChI is InChI=1S/C16H19N5O2/c22-15(12-17-16(23)13-4-2-1-3-5-13)20-10-6-14(7-11-20)21-18-8-9-19-21/h1-5,8-9,14H,6-7,10-12H2,(H,17,23). The first-order valence-corrected chi connectivity index (χ1v) is 7.71. The van der Waals surface area contributed by atoms with Gasteiger partial charge in [0, 0.05) is 18.7 Å². The Kier molecular flexibility index (Phi) is 4.65. The first-order valence-electron chi connectivity index (χ1n) is 7.71. The lowest BCUT2D eigenvalue weighted by Gasteiger charge is -2.31. The number of rotatable bonds is 4. The minimum Gasteiger partial charge on any atom is -0.343 e. The topological polar surface area (TPSA) is 80.1 Å². The van der Waals surface area contributed by atoms with Crippen LogP contribution in [-0.2, 0) is 4.79 Å². The van der Waals surface area contributed by atoms with Gasteiger partial charge in [-0.25, -0.2) is 0 Å². The van der Waals surface area contributed by atoms with Crippen LogP contribution in [0.1, 0.15) is 29.2 Å². The van der Waals surface area contributed by atoms with E-state index in [0.717, 1.165) is 12.8 Å². The van der Waals surface area contributed by atoms with Crippen molar-refractivity contribution in [2.45, 2.75) is 18.9 Å². The van der Waals surface area contributed by atoms with Gasteiger partial charge < -0.3 is 10.2 Å². The van der Waals surface area contributed by atoms with E-state index in [-0.39, 0.29) is 24.4 Å². The van der Waals surface area contributed by atoms with Crippen molar-refractivity contribution in [2.24, 2.45) is 0 Å². The summed E-state index contributed by atoms with van der Waals surface area (Å²) in [5.41, 5.74) is 0.559. The van der Waals surface area contributed by atoms with E-state index in [0.29, 0.717) is 18.7 Å². The third-order valence-electron chi connectivity index (χ3n) is 4.02.